The van der Waals surface area contributed by atoms with E-state index >= 15 is 0 Å². The Bertz CT molecular complexity index is 695. The number of hydrogen-bond donors (Lipinski definition) is 0. The van der Waals surface area contributed by atoms with E-state index in [2.05, 4.69) is 4.98 Å². The van der Waals surface area contributed by atoms with Gasteiger partial charge in [-0.05, 0) is 6.42 Å². The lowest BCUT2D eigenvalue weighted by atomic mass is 10.4. The number of methoxy groups -OCH3 is 1. The Hall–Kier alpha value is -1.89. The van der Waals surface area contributed by atoms with Crippen LogP contribution in [0.2, 0.25) is 0 Å². The summed E-state index contributed by atoms with van der Waals surface area (Å²) in [6.07, 6.45) is 2.38. The fourth-order valence-corrected chi connectivity index (χ4v) is 2.09. The molecule has 2 aromatic heterocycles. The van der Waals surface area contributed by atoms with Gasteiger partial charge in [0.15, 0.2) is 11.2 Å². The van der Waals surface area contributed by atoms with Crippen molar-refractivity contribution in [1.82, 2.24) is 18.7 Å². The molecular weight excluding hydrogens is 248 g/mol. The fraction of sp³-hybridized carbons (Fsp3) is 0.583. The Morgan fingerprint density at radius 1 is 1.32 bits per heavy atom. The summed E-state index contributed by atoms with van der Waals surface area (Å²) in [5, 5.41) is 0. The first-order chi connectivity index (χ1) is 9.11. The van der Waals surface area contributed by atoms with Crippen LogP contribution in [-0.4, -0.2) is 32.4 Å². The van der Waals surface area contributed by atoms with Crippen molar-refractivity contribution in [3.8, 4) is 0 Å². The molecule has 0 bridgehead atoms. The van der Waals surface area contributed by atoms with Crippen LogP contribution in [0.1, 0.15) is 13.3 Å². The Morgan fingerprint density at radius 2 is 2.05 bits per heavy atom. The Balaban J connectivity index is 2.73. The molecule has 0 aromatic carbocycles. The van der Waals surface area contributed by atoms with Crippen molar-refractivity contribution < 1.29 is 4.74 Å². The highest BCUT2D eigenvalue weighted by molar-refractivity contribution is 5.70. The van der Waals surface area contributed by atoms with E-state index in [0.717, 1.165) is 11.0 Å². The maximum Gasteiger partial charge on any atom is 0.332 e. The van der Waals surface area contributed by atoms with Crippen LogP contribution in [0, 0.1) is 0 Å². The van der Waals surface area contributed by atoms with Crippen LogP contribution in [0.25, 0.3) is 11.2 Å². The lowest BCUT2D eigenvalue weighted by Gasteiger charge is -2.08. The van der Waals surface area contributed by atoms with Crippen molar-refractivity contribution in [1.29, 1.82) is 0 Å². The highest BCUT2D eigenvalue weighted by Gasteiger charge is 2.15. The predicted octanol–water partition coefficient (Wildman–Crippen LogP) is -0.0469. The van der Waals surface area contributed by atoms with Crippen molar-refractivity contribution in [2.45, 2.75) is 26.4 Å². The zero-order valence-electron chi connectivity index (χ0n) is 11.4. The van der Waals surface area contributed by atoms with Gasteiger partial charge in [-0.25, -0.2) is 9.78 Å². The third-order valence-corrected chi connectivity index (χ3v) is 3.08. The second kappa shape index (κ2) is 5.40. The Morgan fingerprint density at radius 3 is 2.68 bits per heavy atom. The van der Waals surface area contributed by atoms with Crippen LogP contribution >= 0.6 is 0 Å². The molecule has 0 fully saturated rings. The average molecular weight is 266 g/mol. The van der Waals surface area contributed by atoms with Crippen molar-refractivity contribution in [3.05, 3.63) is 27.2 Å². The Kier molecular flexibility index (Phi) is 3.84. The second-order valence-corrected chi connectivity index (χ2v) is 4.40. The van der Waals surface area contributed by atoms with Gasteiger partial charge in [0, 0.05) is 27.2 Å². The summed E-state index contributed by atoms with van der Waals surface area (Å²) in [7, 11) is 3.09. The SMILES string of the molecule is CCCn1c(=O)n(C)c(=O)c2c1ncn2CCOC. The van der Waals surface area contributed by atoms with Crippen molar-refractivity contribution in [2.24, 2.45) is 7.05 Å². The average Bonchev–Trinajstić information content (AvgIpc) is 2.82. The minimum atomic E-state index is -0.323. The van der Waals surface area contributed by atoms with Crippen LogP contribution < -0.4 is 11.2 Å². The van der Waals surface area contributed by atoms with Crippen molar-refractivity contribution in [2.75, 3.05) is 13.7 Å². The van der Waals surface area contributed by atoms with Gasteiger partial charge in [0.25, 0.3) is 5.56 Å². The zero-order chi connectivity index (χ0) is 14.0. The second-order valence-electron chi connectivity index (χ2n) is 4.40. The monoisotopic (exact) mass is 266 g/mol. The first kappa shape index (κ1) is 13.5. The van der Waals surface area contributed by atoms with E-state index in [4.69, 9.17) is 4.74 Å². The molecule has 7 nitrogen and oxygen atoms in total. The van der Waals surface area contributed by atoms with E-state index < -0.39 is 0 Å². The molecule has 0 aliphatic carbocycles. The zero-order valence-corrected chi connectivity index (χ0v) is 11.4. The number of nitrogens with zero attached hydrogens (tertiary/aromatic N) is 4. The molecule has 0 radical (unpaired) electrons. The van der Waals surface area contributed by atoms with Crippen molar-refractivity contribution in [3.63, 3.8) is 0 Å². The highest BCUT2D eigenvalue weighted by atomic mass is 16.5. The molecule has 2 rings (SSSR count). The third-order valence-electron chi connectivity index (χ3n) is 3.08. The summed E-state index contributed by atoms with van der Waals surface area (Å²) < 4.78 is 9.41. The van der Waals surface area contributed by atoms with E-state index in [0.29, 0.717) is 30.9 Å². The van der Waals surface area contributed by atoms with Gasteiger partial charge in [-0.15, -0.1) is 0 Å². The first-order valence-electron chi connectivity index (χ1n) is 6.25. The molecule has 0 unspecified atom stereocenters. The Labute approximate surface area is 110 Å². The maximum absolute atomic E-state index is 12.2. The van der Waals surface area contributed by atoms with E-state index in [-0.39, 0.29) is 11.2 Å². The van der Waals surface area contributed by atoms with Gasteiger partial charge in [-0.3, -0.25) is 13.9 Å². The maximum atomic E-state index is 12.2. The number of imidazole rings is 1. The van der Waals surface area contributed by atoms with Gasteiger partial charge in [-0.2, -0.15) is 0 Å². The third kappa shape index (κ3) is 2.21. The minimum absolute atomic E-state index is 0.319. The highest BCUT2D eigenvalue weighted by Crippen LogP contribution is 2.06. The molecule has 0 amide bonds. The van der Waals surface area contributed by atoms with Gasteiger partial charge >= 0.3 is 5.69 Å². The molecule has 0 spiro atoms. The lowest BCUT2D eigenvalue weighted by molar-refractivity contribution is 0.188. The summed E-state index contributed by atoms with van der Waals surface area (Å²) in [6.45, 7) is 3.55. The molecule has 2 heterocycles. The minimum Gasteiger partial charge on any atom is -0.383 e. The quantitative estimate of drug-likeness (QED) is 0.761. The van der Waals surface area contributed by atoms with Gasteiger partial charge in [0.05, 0.1) is 12.9 Å². The van der Waals surface area contributed by atoms with Gasteiger partial charge in [-0.1, -0.05) is 6.92 Å². The molecule has 0 saturated heterocycles. The predicted molar refractivity (Wildman–Crippen MR) is 71.4 cm³/mol. The van der Waals surface area contributed by atoms with Crippen LogP contribution in [-0.2, 0) is 24.9 Å². The number of fused-ring (bicyclic) bond motifs is 1. The molecule has 19 heavy (non-hydrogen) atoms. The summed E-state index contributed by atoms with van der Waals surface area (Å²) >= 11 is 0. The molecular formula is C12H18N4O3. The topological polar surface area (TPSA) is 71.0 Å². The largest absolute Gasteiger partial charge is 0.383 e. The molecule has 2 aromatic rings. The molecule has 0 N–H and O–H groups in total. The van der Waals surface area contributed by atoms with E-state index in [1.807, 2.05) is 6.92 Å². The summed E-state index contributed by atoms with van der Waals surface area (Å²) in [5.41, 5.74) is 0.260. The van der Waals surface area contributed by atoms with Crippen LogP contribution in [0.4, 0.5) is 0 Å². The fourth-order valence-electron chi connectivity index (χ4n) is 2.09. The number of hydrogen-bond acceptors (Lipinski definition) is 4. The van der Waals surface area contributed by atoms with E-state index in [1.165, 1.54) is 7.05 Å². The lowest BCUT2D eigenvalue weighted by Crippen LogP contribution is -2.38. The van der Waals surface area contributed by atoms with Gasteiger partial charge in [0.1, 0.15) is 0 Å². The number of aromatic nitrogens is 4. The van der Waals surface area contributed by atoms with Gasteiger partial charge in [0.2, 0.25) is 0 Å². The van der Waals surface area contributed by atoms with E-state index in [1.54, 1.807) is 22.6 Å². The number of ether oxygens (including phenoxy) is 1. The molecule has 104 valence electrons. The summed E-state index contributed by atoms with van der Waals surface area (Å²) in [4.78, 5) is 28.5. The van der Waals surface area contributed by atoms with Crippen LogP contribution in [0.15, 0.2) is 15.9 Å². The van der Waals surface area contributed by atoms with Gasteiger partial charge < -0.3 is 9.30 Å². The molecule has 0 saturated carbocycles. The van der Waals surface area contributed by atoms with Crippen LogP contribution in [0.3, 0.4) is 0 Å². The van der Waals surface area contributed by atoms with E-state index in [9.17, 15) is 9.59 Å². The smallest absolute Gasteiger partial charge is 0.332 e. The molecule has 0 aliphatic rings. The standard InChI is InChI=1S/C12H18N4O3/c1-4-5-16-10-9(11(17)14(2)12(16)18)15(8-13-10)6-7-19-3/h8H,4-7H2,1-3H3. The normalized spacial score (nSPS) is 11.3. The summed E-state index contributed by atoms with van der Waals surface area (Å²) in [6, 6.07) is 0. The molecule has 7 heteroatoms. The first-order valence-corrected chi connectivity index (χ1v) is 6.25. The number of rotatable bonds is 5. The van der Waals surface area contributed by atoms with Crippen molar-refractivity contribution >= 4 is 11.2 Å². The molecule has 0 atom stereocenters. The number of aryl methyl sites for hydroxylation is 1. The van der Waals surface area contributed by atoms with Crippen LogP contribution in [0.5, 0.6) is 0 Å². The summed E-state index contributed by atoms with van der Waals surface area (Å²) in [5.74, 6) is 0. The molecule has 0 aliphatic heterocycles.